The van der Waals surface area contributed by atoms with Gasteiger partial charge >= 0.3 is 18.1 Å². The van der Waals surface area contributed by atoms with Gasteiger partial charge < -0.3 is 15.3 Å². The highest BCUT2D eigenvalue weighted by Gasteiger charge is 2.38. The molecule has 0 saturated carbocycles. The molecule has 0 spiro atoms. The summed E-state index contributed by atoms with van der Waals surface area (Å²) >= 11 is 0. The van der Waals surface area contributed by atoms with Gasteiger partial charge in [0.05, 0.1) is 12.5 Å². The zero-order valence-corrected chi connectivity index (χ0v) is 7.08. The summed E-state index contributed by atoms with van der Waals surface area (Å²) in [6.07, 6.45) is -5.08. The Morgan fingerprint density at radius 2 is 1.57 bits per heavy atom. The first-order valence-corrected chi connectivity index (χ1v) is 3.26. The lowest BCUT2D eigenvalue weighted by Gasteiger charge is -1.95. The Morgan fingerprint density at radius 1 is 1.29 bits per heavy atom. The minimum absolute atomic E-state index is 0.282. The Morgan fingerprint density at radius 3 is 1.57 bits per heavy atom. The summed E-state index contributed by atoms with van der Waals surface area (Å²) in [5.74, 6) is -4.34. The number of hydrogen-bond donors (Lipinski definition) is 3. The van der Waals surface area contributed by atoms with Gasteiger partial charge in [-0.15, -0.1) is 0 Å². The molecule has 1 atom stereocenters. The number of carboxylic acids is 2. The summed E-state index contributed by atoms with van der Waals surface area (Å²) in [5.41, 5.74) is 0. The Bertz CT molecular complexity index is 200. The predicted octanol–water partition coefficient (Wildman–Crippen LogP) is 0.333. The van der Waals surface area contributed by atoms with Crippen LogP contribution in [0.4, 0.5) is 13.2 Å². The topological polar surface area (TPSA) is 94.8 Å². The van der Waals surface area contributed by atoms with E-state index >= 15 is 0 Å². The van der Waals surface area contributed by atoms with Crippen molar-refractivity contribution in [3.63, 3.8) is 0 Å². The first kappa shape index (κ1) is 15.2. The van der Waals surface area contributed by atoms with Crippen LogP contribution in [0.15, 0.2) is 0 Å². The lowest BCUT2D eigenvalue weighted by molar-refractivity contribution is -0.192. The maximum absolute atomic E-state index is 10.6. The van der Waals surface area contributed by atoms with E-state index < -0.39 is 24.0 Å². The number of aliphatic hydroxyl groups is 1. The number of carboxylic acid groups (broad SMARTS) is 2. The molecule has 8 heteroatoms. The fourth-order valence-corrected chi connectivity index (χ4v) is 0.0781. The molecular formula is C6H9F3O5. The van der Waals surface area contributed by atoms with Gasteiger partial charge in [0.1, 0.15) is 0 Å². The van der Waals surface area contributed by atoms with Crippen molar-refractivity contribution in [3.05, 3.63) is 0 Å². The highest BCUT2D eigenvalue weighted by molar-refractivity contribution is 5.73. The Balaban J connectivity index is 0. The monoisotopic (exact) mass is 218 g/mol. The molecule has 0 amide bonds. The van der Waals surface area contributed by atoms with Crippen LogP contribution in [0.1, 0.15) is 6.92 Å². The molecule has 14 heavy (non-hydrogen) atoms. The highest BCUT2D eigenvalue weighted by atomic mass is 19.4. The second-order valence-electron chi connectivity index (χ2n) is 2.22. The molecule has 84 valence electrons. The largest absolute Gasteiger partial charge is 0.490 e. The van der Waals surface area contributed by atoms with Crippen LogP contribution in [0.5, 0.6) is 0 Å². The molecule has 0 aliphatic carbocycles. The van der Waals surface area contributed by atoms with E-state index in [0.717, 1.165) is 0 Å². The summed E-state index contributed by atoms with van der Waals surface area (Å²) in [5, 5.41) is 23.3. The zero-order valence-electron chi connectivity index (χ0n) is 7.08. The molecule has 0 bridgehead atoms. The zero-order chi connectivity index (χ0) is 11.9. The maximum atomic E-state index is 10.6. The number of rotatable bonds is 2. The van der Waals surface area contributed by atoms with Crippen molar-refractivity contribution in [1.29, 1.82) is 0 Å². The van der Waals surface area contributed by atoms with E-state index in [9.17, 15) is 18.0 Å². The lowest BCUT2D eigenvalue weighted by Crippen LogP contribution is -2.21. The summed E-state index contributed by atoms with van der Waals surface area (Å²) in [4.78, 5) is 18.7. The molecule has 0 aromatic heterocycles. The average molecular weight is 218 g/mol. The molecule has 0 aromatic rings. The maximum Gasteiger partial charge on any atom is 0.490 e. The van der Waals surface area contributed by atoms with Gasteiger partial charge in [0, 0.05) is 0 Å². The van der Waals surface area contributed by atoms with E-state index in [2.05, 4.69) is 0 Å². The van der Waals surface area contributed by atoms with Gasteiger partial charge in [0.15, 0.2) is 0 Å². The summed E-state index contributed by atoms with van der Waals surface area (Å²) < 4.78 is 31.7. The molecular weight excluding hydrogens is 209 g/mol. The minimum atomic E-state index is -5.08. The second-order valence-corrected chi connectivity index (χ2v) is 2.22. The van der Waals surface area contributed by atoms with Crippen LogP contribution in [0.3, 0.4) is 0 Å². The number of halogens is 3. The molecule has 0 aliphatic rings. The van der Waals surface area contributed by atoms with E-state index in [0.29, 0.717) is 0 Å². The van der Waals surface area contributed by atoms with Crippen LogP contribution in [-0.2, 0) is 9.59 Å². The Hall–Kier alpha value is -1.31. The van der Waals surface area contributed by atoms with Gasteiger partial charge in [-0.1, -0.05) is 0 Å². The second kappa shape index (κ2) is 6.19. The molecule has 0 aromatic carbocycles. The Kier molecular flexibility index (Phi) is 6.71. The van der Waals surface area contributed by atoms with Crippen LogP contribution < -0.4 is 0 Å². The quantitative estimate of drug-likeness (QED) is 0.620. The first-order chi connectivity index (χ1) is 6.12. The van der Waals surface area contributed by atoms with Crippen molar-refractivity contribution in [2.24, 2.45) is 5.92 Å². The molecule has 1 unspecified atom stereocenters. The van der Waals surface area contributed by atoms with E-state index in [-0.39, 0.29) is 6.61 Å². The minimum Gasteiger partial charge on any atom is -0.481 e. The molecule has 0 aliphatic heterocycles. The van der Waals surface area contributed by atoms with Crippen LogP contribution in [0.25, 0.3) is 0 Å². The van der Waals surface area contributed by atoms with Crippen molar-refractivity contribution in [3.8, 4) is 0 Å². The average Bonchev–Trinajstić information content (AvgIpc) is 2.02. The van der Waals surface area contributed by atoms with Crippen molar-refractivity contribution in [2.75, 3.05) is 6.61 Å². The fourth-order valence-electron chi connectivity index (χ4n) is 0.0781. The van der Waals surface area contributed by atoms with Crippen molar-refractivity contribution in [1.82, 2.24) is 0 Å². The van der Waals surface area contributed by atoms with Crippen LogP contribution in [0.2, 0.25) is 0 Å². The lowest BCUT2D eigenvalue weighted by atomic mass is 10.2. The van der Waals surface area contributed by atoms with E-state index in [4.69, 9.17) is 20.1 Å². The van der Waals surface area contributed by atoms with Crippen LogP contribution in [0, 0.1) is 5.92 Å². The van der Waals surface area contributed by atoms with E-state index in [1.807, 2.05) is 0 Å². The van der Waals surface area contributed by atoms with Crippen LogP contribution >= 0.6 is 0 Å². The van der Waals surface area contributed by atoms with Gasteiger partial charge in [-0.25, -0.2) is 4.79 Å². The third-order valence-electron chi connectivity index (χ3n) is 0.938. The van der Waals surface area contributed by atoms with Gasteiger partial charge in [-0.2, -0.15) is 13.2 Å². The summed E-state index contributed by atoms with van der Waals surface area (Å²) in [6, 6.07) is 0. The fraction of sp³-hybridized carbons (Fsp3) is 0.667. The number of alkyl halides is 3. The third kappa shape index (κ3) is 8.78. The molecule has 0 saturated heterocycles. The Labute approximate surface area is 76.8 Å². The van der Waals surface area contributed by atoms with Crippen LogP contribution in [-0.4, -0.2) is 40.0 Å². The van der Waals surface area contributed by atoms with E-state index in [1.165, 1.54) is 6.92 Å². The molecule has 0 heterocycles. The van der Waals surface area contributed by atoms with Gasteiger partial charge in [0.2, 0.25) is 0 Å². The standard InChI is InChI=1S/C4H8O3.C2HF3O2/c1-3(2-5)4(6)7;3-2(4,5)1(6)7/h3,5H,2H2,1H3,(H,6,7);(H,6,7). The normalized spacial score (nSPS) is 12.4. The summed E-state index contributed by atoms with van der Waals surface area (Å²) in [6.45, 7) is 1.16. The predicted molar refractivity (Wildman–Crippen MR) is 37.6 cm³/mol. The summed E-state index contributed by atoms with van der Waals surface area (Å²) in [7, 11) is 0. The van der Waals surface area contributed by atoms with Gasteiger partial charge in [-0.3, -0.25) is 4.79 Å². The molecule has 0 radical (unpaired) electrons. The number of aliphatic carboxylic acids is 2. The van der Waals surface area contributed by atoms with E-state index in [1.54, 1.807) is 0 Å². The van der Waals surface area contributed by atoms with Gasteiger partial charge in [-0.05, 0) is 6.92 Å². The SMILES string of the molecule is CC(CO)C(=O)O.O=C(O)C(F)(F)F. The molecule has 0 rings (SSSR count). The van der Waals surface area contributed by atoms with Crippen molar-refractivity contribution < 1.29 is 38.1 Å². The van der Waals surface area contributed by atoms with Crippen molar-refractivity contribution in [2.45, 2.75) is 13.1 Å². The first-order valence-electron chi connectivity index (χ1n) is 3.26. The van der Waals surface area contributed by atoms with Gasteiger partial charge in [0.25, 0.3) is 0 Å². The third-order valence-corrected chi connectivity index (χ3v) is 0.938. The number of aliphatic hydroxyl groups excluding tert-OH is 1. The molecule has 5 nitrogen and oxygen atoms in total. The highest BCUT2D eigenvalue weighted by Crippen LogP contribution is 2.13. The van der Waals surface area contributed by atoms with Crippen molar-refractivity contribution >= 4 is 11.9 Å². The smallest absolute Gasteiger partial charge is 0.481 e. The molecule has 0 fully saturated rings. The molecule has 3 N–H and O–H groups in total. The number of carbonyl (C=O) groups is 2. The number of hydrogen-bond acceptors (Lipinski definition) is 3.